The zero-order valence-corrected chi connectivity index (χ0v) is 9.44. The van der Waals surface area contributed by atoms with Crippen molar-refractivity contribution in [2.75, 3.05) is 19.3 Å². The molecule has 2 rings (SSSR count). The predicted octanol–water partition coefficient (Wildman–Crippen LogP) is 0.982. The summed E-state index contributed by atoms with van der Waals surface area (Å²) >= 11 is 8.00. The van der Waals surface area contributed by atoms with E-state index in [0.717, 1.165) is 22.2 Å². The van der Waals surface area contributed by atoms with E-state index < -0.39 is 0 Å². The van der Waals surface area contributed by atoms with Crippen LogP contribution in [0.25, 0.3) is 0 Å². The molecule has 2 aliphatic heterocycles. The van der Waals surface area contributed by atoms with E-state index in [1.807, 2.05) is 7.05 Å². The smallest absolute Gasteiger partial charge is 0.266 e. The summed E-state index contributed by atoms with van der Waals surface area (Å²) in [4.78, 5) is 14.3. The van der Waals surface area contributed by atoms with E-state index in [1.165, 1.54) is 11.8 Å². The average Bonchev–Trinajstić information content (AvgIpc) is 2.58. The molecule has 2 saturated heterocycles. The van der Waals surface area contributed by atoms with Gasteiger partial charge in [-0.25, -0.2) is 0 Å². The quantitative estimate of drug-likeness (QED) is 0.497. The Balaban J connectivity index is 2.32. The van der Waals surface area contributed by atoms with E-state index in [2.05, 4.69) is 10.2 Å². The number of amides is 1. The molecular weight excluding hydrogens is 224 g/mol. The molecule has 1 N–H and O–H groups in total. The molecule has 6 heteroatoms. The Morgan fingerprint density at radius 1 is 1.62 bits per heavy atom. The molecule has 2 fully saturated rings. The zero-order valence-electron chi connectivity index (χ0n) is 6.99. The van der Waals surface area contributed by atoms with E-state index in [1.54, 1.807) is 11.8 Å². The van der Waals surface area contributed by atoms with Gasteiger partial charge in [0.1, 0.15) is 9.23 Å². The van der Waals surface area contributed by atoms with Gasteiger partial charge in [0.05, 0.1) is 5.03 Å². The lowest BCUT2D eigenvalue weighted by atomic mass is 10.5. The van der Waals surface area contributed by atoms with Gasteiger partial charge in [0.15, 0.2) is 0 Å². The largest absolute Gasteiger partial charge is 0.368 e. The van der Waals surface area contributed by atoms with Gasteiger partial charge in [0.25, 0.3) is 5.91 Å². The second kappa shape index (κ2) is 3.51. The van der Waals surface area contributed by atoms with Gasteiger partial charge in [-0.2, -0.15) is 0 Å². The van der Waals surface area contributed by atoms with Gasteiger partial charge in [0.2, 0.25) is 0 Å². The van der Waals surface area contributed by atoms with Crippen molar-refractivity contribution in [3.05, 3.63) is 9.93 Å². The first-order valence-electron chi connectivity index (χ1n) is 3.80. The highest BCUT2D eigenvalue weighted by atomic mass is 32.2. The second-order valence-corrected chi connectivity index (χ2v) is 5.52. The van der Waals surface area contributed by atoms with Crippen LogP contribution < -0.4 is 5.32 Å². The van der Waals surface area contributed by atoms with Crippen molar-refractivity contribution in [1.29, 1.82) is 0 Å². The summed E-state index contributed by atoms with van der Waals surface area (Å²) in [6, 6.07) is 0. The molecule has 13 heavy (non-hydrogen) atoms. The highest BCUT2D eigenvalue weighted by molar-refractivity contribution is 8.27. The Morgan fingerprint density at radius 3 is 2.85 bits per heavy atom. The summed E-state index contributed by atoms with van der Waals surface area (Å²) < 4.78 is 0.563. The van der Waals surface area contributed by atoms with Crippen LogP contribution in [0, 0.1) is 0 Å². The summed E-state index contributed by atoms with van der Waals surface area (Å²) in [5.41, 5.74) is 0. The summed E-state index contributed by atoms with van der Waals surface area (Å²) in [6.45, 7) is 1.00. The molecule has 0 bridgehead atoms. The third kappa shape index (κ3) is 1.70. The molecule has 0 unspecified atom stereocenters. The molecule has 0 aromatic rings. The fourth-order valence-electron chi connectivity index (χ4n) is 1.18. The van der Waals surface area contributed by atoms with Crippen LogP contribution in [0.1, 0.15) is 0 Å². The van der Waals surface area contributed by atoms with Gasteiger partial charge in [-0.15, -0.1) is 11.8 Å². The van der Waals surface area contributed by atoms with Crippen molar-refractivity contribution >= 4 is 46.0 Å². The van der Waals surface area contributed by atoms with E-state index in [9.17, 15) is 4.79 Å². The molecule has 2 aliphatic rings. The number of thioether (sulfide) groups is 2. The van der Waals surface area contributed by atoms with E-state index >= 15 is 0 Å². The number of hydrogen-bond acceptors (Lipinski definition) is 5. The van der Waals surface area contributed by atoms with Crippen LogP contribution in [0.15, 0.2) is 9.93 Å². The van der Waals surface area contributed by atoms with E-state index in [4.69, 9.17) is 12.2 Å². The van der Waals surface area contributed by atoms with Crippen LogP contribution in [-0.4, -0.2) is 34.5 Å². The Kier molecular flexibility index (Phi) is 2.53. The first-order chi connectivity index (χ1) is 6.18. The van der Waals surface area contributed by atoms with Crippen LogP contribution in [0.2, 0.25) is 0 Å². The molecule has 0 atom stereocenters. The van der Waals surface area contributed by atoms with Gasteiger partial charge in [0, 0.05) is 19.3 Å². The van der Waals surface area contributed by atoms with Gasteiger partial charge in [-0.3, -0.25) is 4.79 Å². The highest BCUT2D eigenvalue weighted by Gasteiger charge is 2.29. The molecule has 0 spiro atoms. The number of thiocarbonyl (C=S) groups is 1. The zero-order chi connectivity index (χ0) is 9.42. The summed E-state index contributed by atoms with van der Waals surface area (Å²) in [5, 5.41) is 3.68. The third-order valence-electron chi connectivity index (χ3n) is 1.82. The van der Waals surface area contributed by atoms with Crippen LogP contribution in [0.3, 0.4) is 0 Å². The normalized spacial score (nSPS) is 28.5. The number of carbonyl (C=O) groups is 1. The minimum absolute atomic E-state index is 0.0498. The Bertz CT molecular complexity index is 313. The number of nitrogens with one attached hydrogen (secondary N) is 1. The fourth-order valence-corrected chi connectivity index (χ4v) is 3.64. The minimum Gasteiger partial charge on any atom is -0.368 e. The molecular formula is C7H8N2OS3. The van der Waals surface area contributed by atoms with E-state index in [0.29, 0.717) is 4.32 Å². The lowest BCUT2D eigenvalue weighted by molar-refractivity contribution is -0.115. The number of carbonyl (C=O) groups excluding carboxylic acids is 1. The number of rotatable bonds is 0. The number of hydrogen-bond donors (Lipinski definition) is 1. The van der Waals surface area contributed by atoms with Crippen LogP contribution >= 0.6 is 35.7 Å². The highest BCUT2D eigenvalue weighted by Crippen LogP contribution is 2.36. The minimum atomic E-state index is -0.0498. The molecule has 0 aromatic heterocycles. The van der Waals surface area contributed by atoms with Crippen molar-refractivity contribution in [2.24, 2.45) is 0 Å². The molecule has 0 saturated carbocycles. The van der Waals surface area contributed by atoms with Crippen LogP contribution in [-0.2, 0) is 4.79 Å². The van der Waals surface area contributed by atoms with Crippen molar-refractivity contribution < 1.29 is 4.79 Å². The summed E-state index contributed by atoms with van der Waals surface area (Å²) in [5.74, 6) is 1.00. The van der Waals surface area contributed by atoms with Crippen molar-refractivity contribution in [3.63, 3.8) is 0 Å². The topological polar surface area (TPSA) is 32.3 Å². The average molecular weight is 232 g/mol. The molecule has 0 aromatic carbocycles. The van der Waals surface area contributed by atoms with Crippen molar-refractivity contribution in [3.8, 4) is 0 Å². The molecule has 3 nitrogen and oxygen atoms in total. The lowest BCUT2D eigenvalue weighted by Crippen LogP contribution is -2.20. The molecule has 0 aliphatic carbocycles. The van der Waals surface area contributed by atoms with Crippen LogP contribution in [0.4, 0.5) is 0 Å². The van der Waals surface area contributed by atoms with Crippen LogP contribution in [0.5, 0.6) is 0 Å². The van der Waals surface area contributed by atoms with Gasteiger partial charge in [-0.05, 0) is 0 Å². The Labute approximate surface area is 90.3 Å². The molecule has 2 heterocycles. The molecule has 0 radical (unpaired) electrons. The maximum Gasteiger partial charge on any atom is 0.266 e. The molecule has 70 valence electrons. The second-order valence-electron chi connectivity index (χ2n) is 2.75. The maximum absolute atomic E-state index is 11.4. The van der Waals surface area contributed by atoms with Gasteiger partial charge >= 0.3 is 0 Å². The van der Waals surface area contributed by atoms with Gasteiger partial charge < -0.3 is 10.2 Å². The number of nitrogens with zero attached hydrogens (tertiary/aromatic N) is 1. The first-order valence-corrected chi connectivity index (χ1v) is 6.01. The monoisotopic (exact) mass is 232 g/mol. The Hall–Kier alpha value is -0.200. The van der Waals surface area contributed by atoms with E-state index in [-0.39, 0.29) is 5.91 Å². The SMILES string of the molecule is CN1CCS/C1=C1\SC(=S)NC1=O. The maximum atomic E-state index is 11.4. The first kappa shape index (κ1) is 9.36. The fraction of sp³-hybridized carbons (Fsp3) is 0.429. The van der Waals surface area contributed by atoms with Crippen molar-refractivity contribution in [1.82, 2.24) is 10.2 Å². The summed E-state index contributed by atoms with van der Waals surface area (Å²) in [7, 11) is 2.00. The predicted molar refractivity (Wildman–Crippen MR) is 60.4 cm³/mol. The third-order valence-corrected chi connectivity index (χ3v) is 4.35. The molecule has 1 amide bonds. The lowest BCUT2D eigenvalue weighted by Gasteiger charge is -2.11. The standard InChI is InChI=1S/C7H8N2OS3/c1-9-2-3-12-6(9)4-5(10)8-7(11)13-4/h2-3H2,1H3,(H,8,10,11)/b6-4-. The van der Waals surface area contributed by atoms with Gasteiger partial charge in [-0.1, -0.05) is 24.0 Å². The Morgan fingerprint density at radius 2 is 2.38 bits per heavy atom. The summed E-state index contributed by atoms with van der Waals surface area (Å²) in [6.07, 6.45) is 0. The van der Waals surface area contributed by atoms with Crippen molar-refractivity contribution in [2.45, 2.75) is 0 Å².